The third-order valence-corrected chi connectivity index (χ3v) is 5.26. The predicted molar refractivity (Wildman–Crippen MR) is 104 cm³/mol. The Morgan fingerprint density at radius 3 is 2.17 bits per heavy atom. The van der Waals surface area contributed by atoms with Crippen LogP contribution in [-0.4, -0.2) is 54.3 Å². The second-order valence-corrected chi connectivity index (χ2v) is 7.27. The number of nitrogens with zero attached hydrogens (tertiary/aromatic N) is 1. The average Bonchev–Trinajstić information content (AvgIpc) is 2.98. The Kier molecular flexibility index (Phi) is 6.81. The molecule has 30 heavy (non-hydrogen) atoms. The van der Waals surface area contributed by atoms with Gasteiger partial charge in [0.15, 0.2) is 6.61 Å². The molecule has 1 aromatic rings. The molecular formula is C21H24N2O7. The fraction of sp³-hybridized carbons (Fsp3) is 0.476. The van der Waals surface area contributed by atoms with Gasteiger partial charge in [0.05, 0.1) is 24.0 Å². The second-order valence-electron chi connectivity index (χ2n) is 7.27. The Hall–Kier alpha value is -3.23. The summed E-state index contributed by atoms with van der Waals surface area (Å²) in [5.74, 6) is -3.18. The van der Waals surface area contributed by atoms with Gasteiger partial charge >= 0.3 is 11.9 Å². The zero-order valence-corrected chi connectivity index (χ0v) is 16.7. The highest BCUT2D eigenvalue weighted by Gasteiger charge is 2.48. The van der Waals surface area contributed by atoms with E-state index >= 15 is 0 Å². The number of hydrogen-bond donors (Lipinski definition) is 1. The fourth-order valence-electron chi connectivity index (χ4n) is 3.81. The van der Waals surface area contributed by atoms with Crippen molar-refractivity contribution in [1.29, 1.82) is 0 Å². The van der Waals surface area contributed by atoms with E-state index in [9.17, 15) is 24.0 Å². The predicted octanol–water partition coefficient (Wildman–Crippen LogP) is 1.52. The smallest absolute Gasteiger partial charge is 0.338 e. The number of amides is 3. The molecule has 0 radical (unpaired) electrons. The molecule has 2 aliphatic rings. The van der Waals surface area contributed by atoms with Crippen LogP contribution in [-0.2, 0) is 28.7 Å². The number of likely N-dealkylation sites (tertiary alicyclic amines) is 1. The third-order valence-electron chi connectivity index (χ3n) is 5.26. The van der Waals surface area contributed by atoms with Gasteiger partial charge < -0.3 is 14.8 Å². The Morgan fingerprint density at radius 2 is 1.60 bits per heavy atom. The zero-order chi connectivity index (χ0) is 21.7. The highest BCUT2D eigenvalue weighted by atomic mass is 16.5. The molecule has 0 unspecified atom stereocenters. The first-order chi connectivity index (χ1) is 14.4. The van der Waals surface area contributed by atoms with Gasteiger partial charge in [-0.15, -0.1) is 0 Å². The van der Waals surface area contributed by atoms with Crippen LogP contribution in [0.5, 0.6) is 0 Å². The van der Waals surface area contributed by atoms with Crippen molar-refractivity contribution in [3.63, 3.8) is 0 Å². The summed E-state index contributed by atoms with van der Waals surface area (Å²) in [5, 5.41) is 2.53. The summed E-state index contributed by atoms with van der Waals surface area (Å²) in [6.45, 7) is 0.933. The minimum atomic E-state index is -0.817. The van der Waals surface area contributed by atoms with Gasteiger partial charge in [-0.05, 0) is 44.0 Å². The van der Waals surface area contributed by atoms with Gasteiger partial charge in [0, 0.05) is 5.69 Å². The maximum absolute atomic E-state index is 12.4. The largest absolute Gasteiger partial charge is 0.462 e. The number of ether oxygens (including phenoxy) is 2. The maximum Gasteiger partial charge on any atom is 0.338 e. The van der Waals surface area contributed by atoms with Crippen LogP contribution in [0.15, 0.2) is 24.3 Å². The molecule has 3 amide bonds. The third kappa shape index (κ3) is 4.84. The van der Waals surface area contributed by atoms with Crippen molar-refractivity contribution in [2.24, 2.45) is 11.8 Å². The lowest BCUT2D eigenvalue weighted by Crippen LogP contribution is -2.37. The molecule has 160 valence electrons. The van der Waals surface area contributed by atoms with E-state index in [-0.39, 0.29) is 30.3 Å². The zero-order valence-electron chi connectivity index (χ0n) is 16.7. The van der Waals surface area contributed by atoms with E-state index in [0.29, 0.717) is 24.1 Å². The molecule has 1 saturated heterocycles. The molecule has 9 nitrogen and oxygen atoms in total. The lowest BCUT2D eigenvalue weighted by atomic mass is 9.81. The van der Waals surface area contributed by atoms with Crippen LogP contribution >= 0.6 is 0 Å². The number of esters is 2. The van der Waals surface area contributed by atoms with Crippen LogP contribution in [0.4, 0.5) is 5.69 Å². The minimum Gasteiger partial charge on any atom is -0.462 e. The van der Waals surface area contributed by atoms with E-state index < -0.39 is 31.0 Å². The van der Waals surface area contributed by atoms with E-state index in [1.165, 1.54) is 24.3 Å². The molecule has 3 rings (SSSR count). The molecule has 0 spiro atoms. The van der Waals surface area contributed by atoms with Crippen LogP contribution < -0.4 is 5.32 Å². The van der Waals surface area contributed by atoms with Crippen molar-refractivity contribution in [1.82, 2.24) is 4.90 Å². The first-order valence-corrected chi connectivity index (χ1v) is 9.98. The molecule has 1 heterocycles. The number of benzene rings is 1. The van der Waals surface area contributed by atoms with Crippen LogP contribution in [0.2, 0.25) is 0 Å². The number of imide groups is 1. The summed E-state index contributed by atoms with van der Waals surface area (Å²) in [7, 11) is 0. The van der Waals surface area contributed by atoms with Crippen molar-refractivity contribution < 1.29 is 33.4 Å². The quantitative estimate of drug-likeness (QED) is 0.529. The summed E-state index contributed by atoms with van der Waals surface area (Å²) in [6.07, 6.45) is 3.13. The average molecular weight is 416 g/mol. The highest BCUT2D eigenvalue weighted by Crippen LogP contribution is 2.37. The van der Waals surface area contributed by atoms with Crippen LogP contribution in [0, 0.1) is 11.8 Å². The molecule has 1 aromatic carbocycles. The van der Waals surface area contributed by atoms with Crippen molar-refractivity contribution in [2.75, 3.05) is 25.1 Å². The van der Waals surface area contributed by atoms with E-state index in [4.69, 9.17) is 9.47 Å². The van der Waals surface area contributed by atoms with Crippen LogP contribution in [0.25, 0.3) is 0 Å². The molecule has 1 saturated carbocycles. The molecule has 2 fully saturated rings. The molecule has 9 heteroatoms. The summed E-state index contributed by atoms with van der Waals surface area (Å²) in [4.78, 5) is 61.3. The molecule has 0 aromatic heterocycles. The van der Waals surface area contributed by atoms with E-state index in [1.807, 2.05) is 0 Å². The molecule has 1 aliphatic carbocycles. The van der Waals surface area contributed by atoms with Gasteiger partial charge in [-0.2, -0.15) is 0 Å². The normalized spacial score (nSPS) is 20.5. The number of rotatable bonds is 7. The van der Waals surface area contributed by atoms with Crippen molar-refractivity contribution >= 4 is 35.3 Å². The van der Waals surface area contributed by atoms with Crippen molar-refractivity contribution in [2.45, 2.75) is 32.6 Å². The van der Waals surface area contributed by atoms with E-state index in [0.717, 1.165) is 17.7 Å². The number of nitrogens with one attached hydrogen (secondary N) is 1. The Morgan fingerprint density at radius 1 is 1.00 bits per heavy atom. The minimum absolute atomic E-state index is 0.263. The Bertz CT molecular complexity index is 825. The standard InChI is InChI=1S/C21H24N2O7/c1-2-29-21(28)13-7-9-14(10-8-13)22-17(24)12-30-18(25)11-23-19(26)15-5-3-4-6-16(15)20(23)27/h7-10,15-16H,2-6,11-12H2,1H3,(H,22,24)/t15-,16+. The number of anilines is 1. The van der Waals surface area contributed by atoms with Gasteiger partial charge in [0.1, 0.15) is 6.54 Å². The molecule has 0 bridgehead atoms. The van der Waals surface area contributed by atoms with Crippen LogP contribution in [0.1, 0.15) is 43.0 Å². The van der Waals surface area contributed by atoms with Crippen molar-refractivity contribution in [3.8, 4) is 0 Å². The van der Waals surface area contributed by atoms with E-state index in [1.54, 1.807) is 6.92 Å². The van der Waals surface area contributed by atoms with Gasteiger partial charge in [0.2, 0.25) is 11.8 Å². The van der Waals surface area contributed by atoms with Gasteiger partial charge in [-0.1, -0.05) is 12.8 Å². The lowest BCUT2D eigenvalue weighted by molar-refractivity contribution is -0.154. The highest BCUT2D eigenvalue weighted by molar-refractivity contribution is 6.07. The number of carbonyl (C=O) groups excluding carboxylic acids is 5. The molecular weight excluding hydrogens is 392 g/mol. The monoisotopic (exact) mass is 416 g/mol. The number of hydrogen-bond acceptors (Lipinski definition) is 7. The van der Waals surface area contributed by atoms with Crippen molar-refractivity contribution in [3.05, 3.63) is 29.8 Å². The number of fused-ring (bicyclic) bond motifs is 1. The summed E-state index contributed by atoms with van der Waals surface area (Å²) >= 11 is 0. The fourth-order valence-corrected chi connectivity index (χ4v) is 3.81. The lowest BCUT2D eigenvalue weighted by Gasteiger charge is -2.19. The van der Waals surface area contributed by atoms with Gasteiger partial charge in [0.25, 0.3) is 5.91 Å². The molecule has 1 aliphatic heterocycles. The van der Waals surface area contributed by atoms with Crippen LogP contribution in [0.3, 0.4) is 0 Å². The number of carbonyl (C=O) groups is 5. The molecule has 1 N–H and O–H groups in total. The first-order valence-electron chi connectivity index (χ1n) is 9.98. The SMILES string of the molecule is CCOC(=O)c1ccc(NC(=O)COC(=O)CN2C(=O)[C@H]3CCCC[C@H]3C2=O)cc1. The Labute approximate surface area is 173 Å². The molecule has 2 atom stereocenters. The topological polar surface area (TPSA) is 119 Å². The van der Waals surface area contributed by atoms with E-state index in [2.05, 4.69) is 5.32 Å². The Balaban J connectivity index is 1.45. The van der Waals surface area contributed by atoms with Gasteiger partial charge in [-0.25, -0.2) is 4.79 Å². The summed E-state index contributed by atoms with van der Waals surface area (Å²) < 4.78 is 9.79. The van der Waals surface area contributed by atoms with Gasteiger partial charge in [-0.3, -0.25) is 24.1 Å². The first kappa shape index (κ1) is 21.5. The second kappa shape index (κ2) is 9.51. The summed E-state index contributed by atoms with van der Waals surface area (Å²) in [5.41, 5.74) is 0.764. The summed E-state index contributed by atoms with van der Waals surface area (Å²) in [6, 6.07) is 6.05. The maximum atomic E-state index is 12.4.